The fraction of sp³-hybridized carbons (Fsp3) is 0.259. The minimum Gasteiger partial charge on any atom is -0.495 e. The molecule has 0 aliphatic rings. The number of methoxy groups -OCH3 is 2. The molecule has 0 saturated heterocycles. The van der Waals surface area contributed by atoms with Gasteiger partial charge in [0.05, 0.1) is 14.2 Å². The second-order valence-electron chi connectivity index (χ2n) is 8.10. The summed E-state index contributed by atoms with van der Waals surface area (Å²) < 4.78 is 24.3. The summed E-state index contributed by atoms with van der Waals surface area (Å²) in [5, 5.41) is 0.419. The summed E-state index contributed by atoms with van der Waals surface area (Å²) in [6, 6.07) is 12.5. The lowest BCUT2D eigenvalue weighted by Crippen LogP contribution is -2.15. The van der Waals surface area contributed by atoms with Crippen LogP contribution in [-0.4, -0.2) is 25.5 Å². The highest BCUT2D eigenvalue weighted by Gasteiger charge is 2.40. The molecule has 5 nitrogen and oxygen atoms in total. The molecule has 3 aromatic rings. The van der Waals surface area contributed by atoms with Crippen molar-refractivity contribution in [3.63, 3.8) is 0 Å². The van der Waals surface area contributed by atoms with Gasteiger partial charge in [-0.2, -0.15) is 0 Å². The molecule has 0 fully saturated rings. The number of hydrogen-bond donors (Lipinski definition) is 0. The summed E-state index contributed by atoms with van der Waals surface area (Å²) in [6.07, 6.45) is 0. The van der Waals surface area contributed by atoms with E-state index < -0.39 is 13.3 Å². The van der Waals surface area contributed by atoms with E-state index in [0.717, 1.165) is 16.7 Å². The number of aryl methyl sites for hydroxylation is 3. The zero-order valence-corrected chi connectivity index (χ0v) is 20.9. The fourth-order valence-electron chi connectivity index (χ4n) is 4.48. The highest BCUT2D eigenvalue weighted by molar-refractivity contribution is 7.71. The zero-order valence-electron chi connectivity index (χ0n) is 20.0. The van der Waals surface area contributed by atoms with Gasteiger partial charge in [-0.05, 0) is 57.9 Å². The molecule has 33 heavy (non-hydrogen) atoms. The fourth-order valence-corrected chi connectivity index (χ4v) is 5.56. The summed E-state index contributed by atoms with van der Waals surface area (Å²) in [7, 11) is 0.463. The largest absolute Gasteiger partial charge is 0.495 e. The van der Waals surface area contributed by atoms with Gasteiger partial charge in [0, 0.05) is 22.3 Å². The number of hydrogen-bond acceptors (Lipinski definition) is 5. The molecule has 0 heterocycles. The van der Waals surface area contributed by atoms with Crippen molar-refractivity contribution in [2.45, 2.75) is 34.6 Å². The third kappa shape index (κ3) is 4.34. The quantitative estimate of drug-likeness (QED) is 0.329. The van der Waals surface area contributed by atoms with E-state index in [4.69, 9.17) is 9.47 Å². The SMILES string of the molecule is COc1c(C)c(C(=O)c2c(C)cc(C)cc2C)c(C)c(OC)c1C(=O)[P+](=O)c1ccccc1. The first-order valence-corrected chi connectivity index (χ1v) is 11.8. The Kier molecular flexibility index (Phi) is 7.14. The minimum absolute atomic E-state index is 0.0915. The van der Waals surface area contributed by atoms with Crippen molar-refractivity contribution >= 4 is 24.4 Å². The number of ketones is 1. The molecule has 3 rings (SSSR count). The molecule has 0 spiro atoms. The van der Waals surface area contributed by atoms with E-state index in [-0.39, 0.29) is 22.8 Å². The van der Waals surface area contributed by atoms with Crippen LogP contribution in [0.2, 0.25) is 0 Å². The van der Waals surface area contributed by atoms with Gasteiger partial charge in [0.2, 0.25) is 0 Å². The maximum absolute atomic E-state index is 13.8. The van der Waals surface area contributed by atoms with Gasteiger partial charge in [-0.25, -0.2) is 4.79 Å². The average Bonchev–Trinajstić information content (AvgIpc) is 2.77. The lowest BCUT2D eigenvalue weighted by molar-refractivity contribution is 0.103. The van der Waals surface area contributed by atoms with Gasteiger partial charge in [0.15, 0.2) is 16.7 Å². The predicted octanol–water partition coefficient (Wildman–Crippen LogP) is 5.77. The van der Waals surface area contributed by atoms with E-state index >= 15 is 0 Å². The van der Waals surface area contributed by atoms with Crippen LogP contribution < -0.4 is 14.8 Å². The molecule has 1 atom stereocenters. The molecule has 0 aliphatic carbocycles. The third-order valence-corrected chi connectivity index (χ3v) is 7.17. The smallest absolute Gasteiger partial charge is 0.458 e. The summed E-state index contributed by atoms with van der Waals surface area (Å²) in [6.45, 7) is 9.29. The number of carbonyl (C=O) groups excluding carboxylic acids is 2. The van der Waals surface area contributed by atoms with Crippen molar-refractivity contribution in [2.24, 2.45) is 0 Å². The van der Waals surface area contributed by atoms with E-state index in [1.165, 1.54) is 14.2 Å². The van der Waals surface area contributed by atoms with Crippen LogP contribution in [0.25, 0.3) is 0 Å². The molecular weight excluding hydrogens is 435 g/mol. The molecule has 0 aromatic heterocycles. The second-order valence-corrected chi connectivity index (χ2v) is 9.62. The molecule has 0 radical (unpaired) electrons. The minimum atomic E-state index is -2.40. The van der Waals surface area contributed by atoms with Gasteiger partial charge >= 0.3 is 13.3 Å². The molecular formula is C27H28O5P+. The molecule has 3 aromatic carbocycles. The van der Waals surface area contributed by atoms with Crippen LogP contribution >= 0.6 is 7.80 Å². The van der Waals surface area contributed by atoms with Crippen LogP contribution in [0.3, 0.4) is 0 Å². The normalized spacial score (nSPS) is 11.2. The monoisotopic (exact) mass is 463 g/mol. The Hall–Kier alpha value is -3.30. The Bertz CT molecular complexity index is 1220. The summed E-state index contributed by atoms with van der Waals surface area (Å²) in [4.78, 5) is 27.1. The molecule has 1 unspecified atom stereocenters. The Labute approximate surface area is 195 Å². The average molecular weight is 463 g/mol. The van der Waals surface area contributed by atoms with Crippen molar-refractivity contribution in [3.05, 3.63) is 87.0 Å². The third-order valence-electron chi connectivity index (χ3n) is 5.81. The van der Waals surface area contributed by atoms with E-state index in [9.17, 15) is 14.2 Å². The first-order chi connectivity index (χ1) is 15.6. The first-order valence-electron chi connectivity index (χ1n) is 10.6. The second kappa shape index (κ2) is 9.68. The maximum Gasteiger partial charge on any atom is 0.458 e. The zero-order chi connectivity index (χ0) is 24.4. The number of carbonyl (C=O) groups is 2. The Morgan fingerprint density at radius 2 is 1.21 bits per heavy atom. The number of rotatable bonds is 7. The van der Waals surface area contributed by atoms with E-state index in [2.05, 4.69) is 0 Å². The van der Waals surface area contributed by atoms with Crippen LogP contribution in [0, 0.1) is 34.6 Å². The summed E-state index contributed by atoms with van der Waals surface area (Å²) in [5.41, 5.74) is 4.39. The molecule has 0 N–H and O–H groups in total. The van der Waals surface area contributed by atoms with Crippen molar-refractivity contribution in [2.75, 3.05) is 14.2 Å². The van der Waals surface area contributed by atoms with E-state index in [1.807, 2.05) is 32.9 Å². The maximum atomic E-state index is 13.8. The van der Waals surface area contributed by atoms with Crippen LogP contribution in [-0.2, 0) is 4.57 Å². The topological polar surface area (TPSA) is 69.7 Å². The van der Waals surface area contributed by atoms with Gasteiger partial charge in [-0.1, -0.05) is 40.5 Å². The molecule has 6 heteroatoms. The highest BCUT2D eigenvalue weighted by atomic mass is 31.1. The molecule has 0 amide bonds. The molecule has 0 saturated carbocycles. The van der Waals surface area contributed by atoms with Gasteiger partial charge in [-0.3, -0.25) is 4.79 Å². The predicted molar refractivity (Wildman–Crippen MR) is 131 cm³/mol. The van der Waals surface area contributed by atoms with Crippen LogP contribution in [0.5, 0.6) is 11.5 Å². The van der Waals surface area contributed by atoms with Crippen molar-refractivity contribution in [1.29, 1.82) is 0 Å². The molecule has 170 valence electrons. The van der Waals surface area contributed by atoms with Crippen molar-refractivity contribution < 1.29 is 23.6 Å². The van der Waals surface area contributed by atoms with Gasteiger partial charge in [0.1, 0.15) is 11.5 Å². The highest BCUT2D eigenvalue weighted by Crippen LogP contribution is 2.44. The van der Waals surface area contributed by atoms with Crippen LogP contribution in [0.1, 0.15) is 54.1 Å². The van der Waals surface area contributed by atoms with Crippen LogP contribution in [0.4, 0.5) is 0 Å². The first kappa shape index (κ1) is 24.3. The number of benzene rings is 3. The van der Waals surface area contributed by atoms with E-state index in [0.29, 0.717) is 27.6 Å². The summed E-state index contributed by atoms with van der Waals surface area (Å²) >= 11 is 0. The van der Waals surface area contributed by atoms with Crippen molar-refractivity contribution in [1.82, 2.24) is 0 Å². The van der Waals surface area contributed by atoms with Crippen LogP contribution in [0.15, 0.2) is 42.5 Å². The van der Waals surface area contributed by atoms with Gasteiger partial charge in [-0.15, -0.1) is 0 Å². The Morgan fingerprint density at radius 1 is 0.727 bits per heavy atom. The lowest BCUT2D eigenvalue weighted by atomic mass is 9.87. The molecule has 0 aliphatic heterocycles. The van der Waals surface area contributed by atoms with E-state index in [1.54, 1.807) is 44.2 Å². The number of ether oxygens (including phenoxy) is 2. The lowest BCUT2D eigenvalue weighted by Gasteiger charge is -2.20. The molecule has 0 bridgehead atoms. The van der Waals surface area contributed by atoms with Crippen molar-refractivity contribution in [3.8, 4) is 11.5 Å². The summed E-state index contributed by atoms with van der Waals surface area (Å²) in [5.74, 6) is 0.239. The van der Waals surface area contributed by atoms with Gasteiger partial charge < -0.3 is 9.47 Å². The van der Waals surface area contributed by atoms with Gasteiger partial charge in [0.25, 0.3) is 0 Å². The Balaban J connectivity index is 2.26. The standard InChI is InChI=1S/C27H28O5P/c1-15-13-16(2)21(17(3)14-15)24(28)22-18(4)25(31-6)23(26(32-7)19(22)5)27(29)33(30)20-11-9-8-10-12-20/h8-14H,1-7H3/q+1. The Morgan fingerprint density at radius 3 is 1.67 bits per heavy atom.